The Morgan fingerprint density at radius 1 is 0.860 bits per heavy atom. The topological polar surface area (TPSA) is 87.2 Å². The van der Waals surface area contributed by atoms with Crippen molar-refractivity contribution in [3.63, 3.8) is 0 Å². The van der Waals surface area contributed by atoms with Gasteiger partial charge in [0.05, 0.1) is 5.69 Å². The van der Waals surface area contributed by atoms with Crippen molar-refractivity contribution in [2.75, 3.05) is 17.7 Å². The predicted molar refractivity (Wildman–Crippen MR) is 174 cm³/mol. The lowest BCUT2D eigenvalue weighted by molar-refractivity contribution is 0.0696. The molecule has 7 nitrogen and oxygen atoms in total. The normalized spacial score (nSPS) is 13.8. The Labute approximate surface area is 254 Å². The van der Waals surface area contributed by atoms with Crippen LogP contribution in [0.2, 0.25) is 0 Å². The van der Waals surface area contributed by atoms with Crippen LogP contribution in [0.15, 0.2) is 79.0 Å². The maximum absolute atomic E-state index is 13.0. The average Bonchev–Trinajstić information content (AvgIpc) is 3.02. The standard InChI is InChI=1S/C36H41N5O2/c1-24-30(12-9-13-31(24)39-33(42)25-14-18-27(19-15-25)36(2,3)4)32-22-23-37-35(40-32)38-28-20-16-26(17-21-28)34(43)41(5)29-10-7-6-8-11-29/h9,12-23,29H,6-8,10-11H2,1-5H3,(H,39,42)(H,37,38,40). The molecule has 1 saturated carbocycles. The van der Waals surface area contributed by atoms with E-state index in [0.29, 0.717) is 23.1 Å². The van der Waals surface area contributed by atoms with Gasteiger partial charge in [-0.05, 0) is 84.8 Å². The summed E-state index contributed by atoms with van der Waals surface area (Å²) >= 11 is 0. The van der Waals surface area contributed by atoms with Gasteiger partial charge >= 0.3 is 0 Å². The molecule has 2 N–H and O–H groups in total. The van der Waals surface area contributed by atoms with E-state index >= 15 is 0 Å². The van der Waals surface area contributed by atoms with Crippen LogP contribution in [-0.4, -0.2) is 39.8 Å². The minimum absolute atomic E-state index is 0.0266. The number of aromatic nitrogens is 2. The fourth-order valence-electron chi connectivity index (χ4n) is 5.60. The Balaban J connectivity index is 1.27. The third-order valence-electron chi connectivity index (χ3n) is 8.36. The van der Waals surface area contributed by atoms with Crippen molar-refractivity contribution in [2.24, 2.45) is 0 Å². The Hall–Kier alpha value is -4.52. The van der Waals surface area contributed by atoms with E-state index in [1.165, 1.54) is 24.8 Å². The van der Waals surface area contributed by atoms with Gasteiger partial charge in [-0.15, -0.1) is 0 Å². The van der Waals surface area contributed by atoms with E-state index in [4.69, 9.17) is 4.98 Å². The molecule has 43 heavy (non-hydrogen) atoms. The summed E-state index contributed by atoms with van der Waals surface area (Å²) in [6, 6.07) is 23.2. The Morgan fingerprint density at radius 3 is 2.21 bits per heavy atom. The zero-order valence-corrected chi connectivity index (χ0v) is 25.8. The lowest BCUT2D eigenvalue weighted by Crippen LogP contribution is -2.38. The number of hydrogen-bond acceptors (Lipinski definition) is 5. The molecule has 222 valence electrons. The fourth-order valence-corrected chi connectivity index (χ4v) is 5.60. The van der Waals surface area contributed by atoms with Gasteiger partial charge in [-0.25, -0.2) is 9.97 Å². The first kappa shape index (κ1) is 30.0. The molecule has 0 unspecified atom stereocenters. The molecule has 1 aromatic heterocycles. The van der Waals surface area contributed by atoms with E-state index in [9.17, 15) is 9.59 Å². The summed E-state index contributed by atoms with van der Waals surface area (Å²) in [4.78, 5) is 37.1. The number of anilines is 3. The van der Waals surface area contributed by atoms with Crippen LogP contribution in [0.1, 0.15) is 84.7 Å². The first-order valence-electron chi connectivity index (χ1n) is 15.1. The summed E-state index contributed by atoms with van der Waals surface area (Å²) in [5.74, 6) is 0.349. The van der Waals surface area contributed by atoms with Crippen LogP contribution in [-0.2, 0) is 5.41 Å². The third-order valence-corrected chi connectivity index (χ3v) is 8.36. The number of benzene rings is 3. The molecular formula is C36H41N5O2. The largest absolute Gasteiger partial charge is 0.339 e. The monoisotopic (exact) mass is 575 g/mol. The number of hydrogen-bond donors (Lipinski definition) is 2. The van der Waals surface area contributed by atoms with Crippen molar-refractivity contribution in [3.8, 4) is 11.3 Å². The quantitative estimate of drug-likeness (QED) is 0.232. The van der Waals surface area contributed by atoms with Crippen LogP contribution in [0.25, 0.3) is 11.3 Å². The molecule has 0 spiro atoms. The molecule has 0 saturated heterocycles. The van der Waals surface area contributed by atoms with E-state index in [2.05, 4.69) is 36.4 Å². The molecule has 4 aromatic rings. The Morgan fingerprint density at radius 2 is 1.53 bits per heavy atom. The molecule has 1 heterocycles. The molecular weight excluding hydrogens is 534 g/mol. The smallest absolute Gasteiger partial charge is 0.255 e. The van der Waals surface area contributed by atoms with Crippen molar-refractivity contribution in [3.05, 3.63) is 101 Å². The zero-order valence-electron chi connectivity index (χ0n) is 25.8. The highest BCUT2D eigenvalue weighted by atomic mass is 16.2. The van der Waals surface area contributed by atoms with Crippen molar-refractivity contribution >= 4 is 29.1 Å². The van der Waals surface area contributed by atoms with Crippen LogP contribution in [0.5, 0.6) is 0 Å². The minimum Gasteiger partial charge on any atom is -0.339 e. The molecule has 5 rings (SSSR count). The summed E-state index contributed by atoms with van der Waals surface area (Å²) in [6.07, 6.45) is 7.51. The molecule has 0 bridgehead atoms. The minimum atomic E-state index is -0.155. The molecule has 1 aliphatic rings. The summed E-state index contributed by atoms with van der Waals surface area (Å²) in [5.41, 5.74) is 6.57. The van der Waals surface area contributed by atoms with Gasteiger partial charge in [0, 0.05) is 47.4 Å². The van der Waals surface area contributed by atoms with Gasteiger partial charge in [0.25, 0.3) is 11.8 Å². The van der Waals surface area contributed by atoms with Gasteiger partial charge in [-0.1, -0.05) is 64.3 Å². The number of rotatable bonds is 7. The van der Waals surface area contributed by atoms with Crippen LogP contribution >= 0.6 is 0 Å². The van der Waals surface area contributed by atoms with Crippen molar-refractivity contribution in [1.29, 1.82) is 0 Å². The van der Waals surface area contributed by atoms with Gasteiger partial charge in [-0.3, -0.25) is 9.59 Å². The zero-order chi connectivity index (χ0) is 30.6. The lowest BCUT2D eigenvalue weighted by Gasteiger charge is -2.31. The maximum Gasteiger partial charge on any atom is 0.255 e. The van der Waals surface area contributed by atoms with Gasteiger partial charge in [0.1, 0.15) is 0 Å². The van der Waals surface area contributed by atoms with E-state index in [-0.39, 0.29) is 17.2 Å². The number of amides is 2. The van der Waals surface area contributed by atoms with E-state index in [1.807, 2.05) is 91.7 Å². The summed E-state index contributed by atoms with van der Waals surface area (Å²) in [5, 5.41) is 6.32. The molecule has 0 atom stereocenters. The average molecular weight is 576 g/mol. The SMILES string of the molecule is Cc1c(NC(=O)c2ccc(C(C)(C)C)cc2)cccc1-c1ccnc(Nc2ccc(C(=O)N(C)C3CCCCC3)cc2)n1. The van der Waals surface area contributed by atoms with Crippen LogP contribution in [0.4, 0.5) is 17.3 Å². The lowest BCUT2D eigenvalue weighted by atomic mass is 9.86. The van der Waals surface area contributed by atoms with Crippen molar-refractivity contribution in [1.82, 2.24) is 14.9 Å². The predicted octanol–water partition coefficient (Wildman–Crippen LogP) is 8.15. The summed E-state index contributed by atoms with van der Waals surface area (Å²) in [6.45, 7) is 8.44. The van der Waals surface area contributed by atoms with Gasteiger partial charge in [0.15, 0.2) is 0 Å². The van der Waals surface area contributed by atoms with Crippen LogP contribution in [0, 0.1) is 6.92 Å². The fraction of sp³-hybridized carbons (Fsp3) is 0.333. The van der Waals surface area contributed by atoms with Crippen molar-refractivity contribution < 1.29 is 9.59 Å². The highest BCUT2D eigenvalue weighted by molar-refractivity contribution is 6.05. The number of carbonyl (C=O) groups excluding carboxylic acids is 2. The van der Waals surface area contributed by atoms with E-state index in [1.54, 1.807) is 6.20 Å². The second-order valence-corrected chi connectivity index (χ2v) is 12.4. The molecule has 3 aromatic carbocycles. The Kier molecular flexibility index (Phi) is 8.90. The molecule has 1 fully saturated rings. The first-order valence-corrected chi connectivity index (χ1v) is 15.1. The highest BCUT2D eigenvalue weighted by Gasteiger charge is 2.23. The number of nitrogens with one attached hydrogen (secondary N) is 2. The first-order chi connectivity index (χ1) is 20.6. The second kappa shape index (κ2) is 12.8. The second-order valence-electron chi connectivity index (χ2n) is 12.4. The number of nitrogens with zero attached hydrogens (tertiary/aromatic N) is 3. The molecule has 0 aliphatic heterocycles. The highest BCUT2D eigenvalue weighted by Crippen LogP contribution is 2.29. The summed E-state index contributed by atoms with van der Waals surface area (Å²) < 4.78 is 0. The molecule has 0 radical (unpaired) electrons. The van der Waals surface area contributed by atoms with Gasteiger partial charge in [0.2, 0.25) is 5.95 Å². The van der Waals surface area contributed by atoms with Crippen LogP contribution in [0.3, 0.4) is 0 Å². The Bertz CT molecular complexity index is 1580. The molecule has 7 heteroatoms. The van der Waals surface area contributed by atoms with Crippen LogP contribution < -0.4 is 10.6 Å². The van der Waals surface area contributed by atoms with Crippen molar-refractivity contribution in [2.45, 2.75) is 71.3 Å². The van der Waals surface area contributed by atoms with E-state index in [0.717, 1.165) is 41.0 Å². The number of carbonyl (C=O) groups is 2. The van der Waals surface area contributed by atoms with Gasteiger partial charge in [-0.2, -0.15) is 0 Å². The maximum atomic E-state index is 13.0. The van der Waals surface area contributed by atoms with Gasteiger partial charge < -0.3 is 15.5 Å². The molecule has 1 aliphatic carbocycles. The molecule has 2 amide bonds. The van der Waals surface area contributed by atoms with E-state index < -0.39 is 0 Å². The third kappa shape index (κ3) is 7.11. The summed E-state index contributed by atoms with van der Waals surface area (Å²) in [7, 11) is 1.91.